The lowest BCUT2D eigenvalue weighted by molar-refractivity contribution is -0.121. The Morgan fingerprint density at radius 2 is 2.04 bits per heavy atom. The molecule has 142 valence electrons. The predicted octanol–water partition coefficient (Wildman–Crippen LogP) is 3.53. The van der Waals surface area contributed by atoms with E-state index >= 15 is 0 Å². The van der Waals surface area contributed by atoms with Crippen molar-refractivity contribution in [3.05, 3.63) is 72.0 Å². The molecule has 0 spiro atoms. The van der Waals surface area contributed by atoms with E-state index < -0.39 is 0 Å². The summed E-state index contributed by atoms with van der Waals surface area (Å²) in [6.45, 7) is 0.653. The zero-order valence-electron chi connectivity index (χ0n) is 15.4. The van der Waals surface area contributed by atoms with Gasteiger partial charge in [0, 0.05) is 48.9 Å². The molecule has 0 aliphatic rings. The van der Waals surface area contributed by atoms with Crippen molar-refractivity contribution < 1.29 is 4.79 Å². The first-order valence-corrected chi connectivity index (χ1v) is 10.2. The molecule has 1 N–H and O–H groups in total. The molecule has 1 amide bonds. The molecular weight excluding hydrogens is 370 g/mol. The minimum atomic E-state index is 0.0615. The maximum atomic E-state index is 12.1. The van der Waals surface area contributed by atoms with E-state index in [9.17, 15) is 4.79 Å². The summed E-state index contributed by atoms with van der Waals surface area (Å²) in [6, 6.07) is 9.93. The molecule has 0 aliphatic heterocycles. The average molecular weight is 392 g/mol. The van der Waals surface area contributed by atoms with Crippen molar-refractivity contribution in [2.75, 3.05) is 6.54 Å². The molecule has 0 saturated carbocycles. The van der Waals surface area contributed by atoms with Crippen LogP contribution in [0.2, 0.25) is 0 Å². The van der Waals surface area contributed by atoms with Gasteiger partial charge in [0.15, 0.2) is 0 Å². The van der Waals surface area contributed by atoms with Crippen molar-refractivity contribution in [2.24, 2.45) is 0 Å². The summed E-state index contributed by atoms with van der Waals surface area (Å²) in [5, 5.41) is 5.98. The molecule has 4 aromatic rings. The SMILES string of the molecule is O=C(CCc1csc(-c2ccncc2)n1)NCCCc1ncc2ccccn12. The Balaban J connectivity index is 1.20. The molecule has 28 heavy (non-hydrogen) atoms. The van der Waals surface area contributed by atoms with Crippen molar-refractivity contribution in [2.45, 2.75) is 25.7 Å². The summed E-state index contributed by atoms with van der Waals surface area (Å²) in [5.41, 5.74) is 3.11. The fourth-order valence-corrected chi connectivity index (χ4v) is 3.90. The van der Waals surface area contributed by atoms with Crippen molar-refractivity contribution in [1.29, 1.82) is 0 Å². The van der Waals surface area contributed by atoms with Gasteiger partial charge in [-0.15, -0.1) is 11.3 Å². The van der Waals surface area contributed by atoms with Crippen LogP contribution < -0.4 is 5.32 Å². The molecule has 0 fully saturated rings. The highest BCUT2D eigenvalue weighted by atomic mass is 32.1. The Morgan fingerprint density at radius 1 is 1.14 bits per heavy atom. The Hall–Kier alpha value is -3.06. The third kappa shape index (κ3) is 4.43. The molecule has 4 rings (SSSR count). The molecule has 0 radical (unpaired) electrons. The van der Waals surface area contributed by atoms with Crippen LogP contribution in [0.3, 0.4) is 0 Å². The molecule has 0 saturated heterocycles. The Labute approximate surface area is 167 Å². The normalized spacial score (nSPS) is 11.0. The summed E-state index contributed by atoms with van der Waals surface area (Å²) >= 11 is 1.60. The summed E-state index contributed by atoms with van der Waals surface area (Å²) < 4.78 is 2.09. The van der Waals surface area contributed by atoms with Crippen molar-refractivity contribution in [3.8, 4) is 10.6 Å². The summed E-state index contributed by atoms with van der Waals surface area (Å²) in [4.78, 5) is 25.2. The van der Waals surface area contributed by atoms with E-state index in [0.29, 0.717) is 19.4 Å². The van der Waals surface area contributed by atoms with Crippen molar-refractivity contribution >= 4 is 22.8 Å². The van der Waals surface area contributed by atoms with Crippen LogP contribution in [0.5, 0.6) is 0 Å². The number of hydrogen-bond acceptors (Lipinski definition) is 5. The third-order valence-corrected chi connectivity index (χ3v) is 5.44. The van der Waals surface area contributed by atoms with Crippen LogP contribution >= 0.6 is 11.3 Å². The van der Waals surface area contributed by atoms with Gasteiger partial charge in [0.05, 0.1) is 17.4 Å². The van der Waals surface area contributed by atoms with Gasteiger partial charge in [-0.2, -0.15) is 0 Å². The van der Waals surface area contributed by atoms with E-state index in [4.69, 9.17) is 0 Å². The number of rotatable bonds is 8. The first-order chi connectivity index (χ1) is 13.8. The molecular formula is C21H21N5OS. The quantitative estimate of drug-likeness (QED) is 0.466. The van der Waals surface area contributed by atoms with E-state index in [1.54, 1.807) is 23.7 Å². The number of aryl methyl sites for hydroxylation is 2. The van der Waals surface area contributed by atoms with Gasteiger partial charge in [-0.25, -0.2) is 9.97 Å². The van der Waals surface area contributed by atoms with E-state index in [0.717, 1.165) is 40.4 Å². The van der Waals surface area contributed by atoms with Crippen LogP contribution in [0.25, 0.3) is 16.1 Å². The number of thiazole rings is 1. The molecule has 6 nitrogen and oxygen atoms in total. The van der Waals surface area contributed by atoms with Gasteiger partial charge in [0.2, 0.25) is 5.91 Å². The van der Waals surface area contributed by atoms with Crippen molar-refractivity contribution in [3.63, 3.8) is 0 Å². The predicted molar refractivity (Wildman–Crippen MR) is 110 cm³/mol. The second kappa shape index (κ2) is 8.75. The van der Waals surface area contributed by atoms with Crippen LogP contribution in [0, 0.1) is 0 Å². The average Bonchev–Trinajstić information content (AvgIpc) is 3.38. The van der Waals surface area contributed by atoms with Gasteiger partial charge in [-0.05, 0) is 37.1 Å². The topological polar surface area (TPSA) is 72.2 Å². The summed E-state index contributed by atoms with van der Waals surface area (Å²) in [7, 11) is 0. The Bertz CT molecular complexity index is 1060. The number of nitrogens with zero attached hydrogens (tertiary/aromatic N) is 4. The van der Waals surface area contributed by atoms with Gasteiger partial charge >= 0.3 is 0 Å². The number of hydrogen-bond donors (Lipinski definition) is 1. The van der Waals surface area contributed by atoms with Gasteiger partial charge in [0.1, 0.15) is 10.8 Å². The number of aromatic nitrogens is 4. The van der Waals surface area contributed by atoms with E-state index in [1.165, 1.54) is 0 Å². The van der Waals surface area contributed by atoms with Crippen LogP contribution in [-0.2, 0) is 17.6 Å². The zero-order chi connectivity index (χ0) is 19.2. The highest BCUT2D eigenvalue weighted by molar-refractivity contribution is 7.13. The van der Waals surface area contributed by atoms with Gasteiger partial charge in [-0.1, -0.05) is 6.07 Å². The van der Waals surface area contributed by atoms with E-state index in [2.05, 4.69) is 24.7 Å². The Morgan fingerprint density at radius 3 is 2.93 bits per heavy atom. The third-order valence-electron chi connectivity index (χ3n) is 4.50. The van der Waals surface area contributed by atoms with Crippen molar-refractivity contribution in [1.82, 2.24) is 24.7 Å². The lowest BCUT2D eigenvalue weighted by Crippen LogP contribution is -2.25. The first kappa shape index (κ1) is 18.3. The van der Waals surface area contributed by atoms with Crippen LogP contribution in [0.4, 0.5) is 0 Å². The number of amides is 1. The van der Waals surface area contributed by atoms with E-state index in [-0.39, 0.29) is 5.91 Å². The second-order valence-electron chi connectivity index (χ2n) is 6.50. The summed E-state index contributed by atoms with van der Waals surface area (Å²) in [6.07, 6.45) is 10.2. The lowest BCUT2D eigenvalue weighted by atomic mass is 10.2. The molecule has 0 aromatic carbocycles. The fraction of sp³-hybridized carbons (Fsp3) is 0.238. The zero-order valence-corrected chi connectivity index (χ0v) is 16.2. The molecule has 0 aliphatic carbocycles. The van der Waals surface area contributed by atoms with Crippen LogP contribution in [-0.4, -0.2) is 31.8 Å². The largest absolute Gasteiger partial charge is 0.356 e. The van der Waals surface area contributed by atoms with Gasteiger partial charge in [0.25, 0.3) is 0 Å². The number of imidazole rings is 1. The highest BCUT2D eigenvalue weighted by Crippen LogP contribution is 2.23. The molecule has 4 aromatic heterocycles. The molecule has 0 atom stereocenters. The Kier molecular flexibility index (Phi) is 5.72. The fourth-order valence-electron chi connectivity index (χ4n) is 3.04. The number of pyridine rings is 2. The number of nitrogens with one attached hydrogen (secondary N) is 1. The molecule has 0 unspecified atom stereocenters. The standard InChI is InChI=1S/C21H21N5OS/c27-20(7-6-17-15-28-21(25-17)16-8-11-22-12-9-16)23-10-3-5-19-24-14-18-4-1-2-13-26(18)19/h1-2,4,8-9,11-15H,3,5-7,10H2,(H,23,27). The minimum Gasteiger partial charge on any atom is -0.356 e. The number of carbonyl (C=O) groups is 1. The second-order valence-corrected chi connectivity index (χ2v) is 7.36. The maximum Gasteiger partial charge on any atom is 0.220 e. The number of carbonyl (C=O) groups excluding carboxylic acids is 1. The van der Waals surface area contributed by atoms with Crippen LogP contribution in [0.1, 0.15) is 24.4 Å². The highest BCUT2D eigenvalue weighted by Gasteiger charge is 2.08. The monoisotopic (exact) mass is 391 g/mol. The first-order valence-electron chi connectivity index (χ1n) is 9.32. The van der Waals surface area contributed by atoms with E-state index in [1.807, 2.05) is 48.1 Å². The molecule has 7 heteroatoms. The molecule has 0 bridgehead atoms. The number of fused-ring (bicyclic) bond motifs is 1. The summed E-state index contributed by atoms with van der Waals surface area (Å²) in [5.74, 6) is 1.09. The van der Waals surface area contributed by atoms with Gasteiger partial charge < -0.3 is 9.72 Å². The van der Waals surface area contributed by atoms with Crippen LogP contribution in [0.15, 0.2) is 60.5 Å². The smallest absolute Gasteiger partial charge is 0.220 e. The van der Waals surface area contributed by atoms with Gasteiger partial charge in [-0.3, -0.25) is 9.78 Å². The maximum absolute atomic E-state index is 12.1. The minimum absolute atomic E-state index is 0.0615. The molecule has 4 heterocycles. The lowest BCUT2D eigenvalue weighted by Gasteiger charge is -2.05.